The molecule has 0 aliphatic heterocycles. The molecule has 2 aromatic carbocycles. The Balaban J connectivity index is 2.20. The molecule has 0 bridgehead atoms. The van der Waals surface area contributed by atoms with E-state index in [2.05, 4.69) is 21.2 Å². The van der Waals surface area contributed by atoms with Gasteiger partial charge in [-0.05, 0) is 35.9 Å². The first kappa shape index (κ1) is 15.1. The highest BCUT2D eigenvalue weighted by molar-refractivity contribution is 9.10. The summed E-state index contributed by atoms with van der Waals surface area (Å²) in [5, 5.41) is 4.01. The molecule has 20 heavy (non-hydrogen) atoms. The molecule has 0 aliphatic rings. The van der Waals surface area contributed by atoms with Crippen molar-refractivity contribution in [1.29, 1.82) is 0 Å². The minimum absolute atomic E-state index is 0.252. The molecule has 2 aromatic rings. The zero-order chi connectivity index (χ0) is 14.7. The number of nitrogens with zero attached hydrogens (tertiary/aromatic N) is 1. The lowest BCUT2D eigenvalue weighted by atomic mass is 10.2. The Hall–Kier alpha value is -1.26. The van der Waals surface area contributed by atoms with Gasteiger partial charge in [-0.3, -0.25) is 0 Å². The molecule has 0 atom stereocenters. The zero-order valence-electron chi connectivity index (χ0n) is 11.3. The normalized spacial score (nSPS) is 10.4. The quantitative estimate of drug-likeness (QED) is 0.835. The van der Waals surface area contributed by atoms with E-state index < -0.39 is 0 Å². The van der Waals surface area contributed by atoms with Crippen LogP contribution in [0.25, 0.3) is 0 Å². The van der Waals surface area contributed by atoms with Crippen molar-refractivity contribution < 1.29 is 4.39 Å². The summed E-state index contributed by atoms with van der Waals surface area (Å²) in [7, 11) is 3.95. The minimum Gasteiger partial charge on any atom is -0.379 e. The van der Waals surface area contributed by atoms with Crippen LogP contribution in [0, 0.1) is 5.82 Å². The largest absolute Gasteiger partial charge is 0.379 e. The SMILES string of the molecule is CN(C)c1ccc(Cl)cc1NCc1ccc(F)cc1Br. The molecular formula is C15H15BrClFN2. The molecule has 5 heteroatoms. The number of benzene rings is 2. The molecule has 0 aromatic heterocycles. The van der Waals surface area contributed by atoms with E-state index in [0.29, 0.717) is 11.6 Å². The maximum Gasteiger partial charge on any atom is 0.124 e. The van der Waals surface area contributed by atoms with Gasteiger partial charge in [0.2, 0.25) is 0 Å². The van der Waals surface area contributed by atoms with Crippen molar-refractivity contribution in [2.75, 3.05) is 24.3 Å². The van der Waals surface area contributed by atoms with E-state index in [1.165, 1.54) is 12.1 Å². The second-order valence-corrected chi connectivity index (χ2v) is 5.94. The summed E-state index contributed by atoms with van der Waals surface area (Å²) in [6.07, 6.45) is 0. The summed E-state index contributed by atoms with van der Waals surface area (Å²) in [6, 6.07) is 10.4. The molecule has 0 aliphatic carbocycles. The van der Waals surface area contributed by atoms with Crippen LogP contribution in [0.5, 0.6) is 0 Å². The molecule has 0 radical (unpaired) electrons. The van der Waals surface area contributed by atoms with Crippen molar-refractivity contribution in [2.24, 2.45) is 0 Å². The Morgan fingerprint density at radius 1 is 1.20 bits per heavy atom. The van der Waals surface area contributed by atoms with Crippen LogP contribution in [0.15, 0.2) is 40.9 Å². The van der Waals surface area contributed by atoms with Gasteiger partial charge in [0.15, 0.2) is 0 Å². The predicted molar refractivity (Wildman–Crippen MR) is 87.2 cm³/mol. The number of halogens is 3. The molecule has 0 spiro atoms. The fraction of sp³-hybridized carbons (Fsp3) is 0.200. The van der Waals surface area contributed by atoms with Crippen LogP contribution in [0.2, 0.25) is 5.02 Å². The second-order valence-electron chi connectivity index (χ2n) is 4.65. The number of nitrogens with one attached hydrogen (secondary N) is 1. The van der Waals surface area contributed by atoms with Gasteiger partial charge in [-0.15, -0.1) is 0 Å². The highest BCUT2D eigenvalue weighted by Crippen LogP contribution is 2.29. The first-order chi connectivity index (χ1) is 9.47. The van der Waals surface area contributed by atoms with Gasteiger partial charge in [-0.25, -0.2) is 4.39 Å². The minimum atomic E-state index is -0.252. The lowest BCUT2D eigenvalue weighted by Gasteiger charge is -2.19. The summed E-state index contributed by atoms with van der Waals surface area (Å²) in [5.74, 6) is -0.252. The zero-order valence-corrected chi connectivity index (χ0v) is 13.6. The molecular weight excluding hydrogens is 343 g/mol. The summed E-state index contributed by atoms with van der Waals surface area (Å²) >= 11 is 9.40. The molecule has 0 saturated heterocycles. The Morgan fingerprint density at radius 3 is 2.60 bits per heavy atom. The standard InChI is InChI=1S/C15H15BrClFN2/c1-20(2)15-6-4-11(17)7-14(15)19-9-10-3-5-12(18)8-13(10)16/h3-8,19H,9H2,1-2H3. The highest BCUT2D eigenvalue weighted by atomic mass is 79.9. The van der Waals surface area contributed by atoms with Gasteiger partial charge in [0, 0.05) is 30.1 Å². The van der Waals surface area contributed by atoms with Crippen molar-refractivity contribution in [1.82, 2.24) is 0 Å². The second kappa shape index (κ2) is 6.46. The van der Waals surface area contributed by atoms with E-state index in [1.807, 2.05) is 37.2 Å². The fourth-order valence-electron chi connectivity index (χ4n) is 1.90. The van der Waals surface area contributed by atoms with Crippen molar-refractivity contribution in [3.63, 3.8) is 0 Å². The average molecular weight is 358 g/mol. The van der Waals surface area contributed by atoms with E-state index in [9.17, 15) is 4.39 Å². The van der Waals surface area contributed by atoms with Gasteiger partial charge in [-0.1, -0.05) is 33.6 Å². The smallest absolute Gasteiger partial charge is 0.124 e. The van der Waals surface area contributed by atoms with Gasteiger partial charge < -0.3 is 10.2 Å². The van der Waals surface area contributed by atoms with Crippen LogP contribution in [0.1, 0.15) is 5.56 Å². The predicted octanol–water partition coefficient (Wildman–Crippen LogP) is 4.92. The topological polar surface area (TPSA) is 15.3 Å². The first-order valence-electron chi connectivity index (χ1n) is 6.12. The summed E-state index contributed by atoms with van der Waals surface area (Å²) < 4.78 is 13.8. The summed E-state index contributed by atoms with van der Waals surface area (Å²) in [6.45, 7) is 0.585. The molecule has 0 unspecified atom stereocenters. The van der Waals surface area contributed by atoms with E-state index in [0.717, 1.165) is 21.4 Å². The summed E-state index contributed by atoms with van der Waals surface area (Å²) in [4.78, 5) is 2.01. The maximum absolute atomic E-state index is 13.1. The van der Waals surface area contributed by atoms with Crippen LogP contribution in [-0.2, 0) is 6.54 Å². The van der Waals surface area contributed by atoms with Crippen molar-refractivity contribution in [3.05, 3.63) is 57.3 Å². The van der Waals surface area contributed by atoms with Gasteiger partial charge in [0.05, 0.1) is 11.4 Å². The van der Waals surface area contributed by atoms with Crippen LogP contribution in [0.4, 0.5) is 15.8 Å². The number of anilines is 2. The van der Waals surface area contributed by atoms with Gasteiger partial charge in [0.1, 0.15) is 5.82 Å². The van der Waals surface area contributed by atoms with E-state index in [4.69, 9.17) is 11.6 Å². The Bertz CT molecular complexity index is 617. The van der Waals surface area contributed by atoms with Crippen LogP contribution in [-0.4, -0.2) is 14.1 Å². The summed E-state index contributed by atoms with van der Waals surface area (Å²) in [5.41, 5.74) is 2.97. The molecule has 2 nitrogen and oxygen atoms in total. The molecule has 0 saturated carbocycles. The number of hydrogen-bond acceptors (Lipinski definition) is 2. The van der Waals surface area contributed by atoms with Gasteiger partial charge in [-0.2, -0.15) is 0 Å². The van der Waals surface area contributed by atoms with Gasteiger partial charge >= 0.3 is 0 Å². The van der Waals surface area contributed by atoms with E-state index in [1.54, 1.807) is 6.07 Å². The molecule has 0 amide bonds. The lowest BCUT2D eigenvalue weighted by Crippen LogP contribution is -2.12. The third kappa shape index (κ3) is 3.64. The lowest BCUT2D eigenvalue weighted by molar-refractivity contribution is 0.626. The third-order valence-corrected chi connectivity index (χ3v) is 3.90. The molecule has 106 valence electrons. The molecule has 2 rings (SSSR count). The Kier molecular flexibility index (Phi) is 4.89. The Morgan fingerprint density at radius 2 is 1.95 bits per heavy atom. The van der Waals surface area contributed by atoms with Crippen molar-refractivity contribution in [3.8, 4) is 0 Å². The molecule has 1 N–H and O–H groups in total. The van der Waals surface area contributed by atoms with E-state index >= 15 is 0 Å². The van der Waals surface area contributed by atoms with E-state index in [-0.39, 0.29) is 5.82 Å². The number of hydrogen-bond donors (Lipinski definition) is 1. The van der Waals surface area contributed by atoms with Crippen LogP contribution >= 0.6 is 27.5 Å². The fourth-order valence-corrected chi connectivity index (χ4v) is 2.56. The first-order valence-corrected chi connectivity index (χ1v) is 7.29. The monoisotopic (exact) mass is 356 g/mol. The third-order valence-electron chi connectivity index (χ3n) is 2.92. The van der Waals surface area contributed by atoms with Gasteiger partial charge in [0.25, 0.3) is 0 Å². The maximum atomic E-state index is 13.1. The van der Waals surface area contributed by atoms with Crippen molar-refractivity contribution >= 4 is 38.9 Å². The van der Waals surface area contributed by atoms with Crippen LogP contribution < -0.4 is 10.2 Å². The van der Waals surface area contributed by atoms with Crippen molar-refractivity contribution in [2.45, 2.75) is 6.54 Å². The average Bonchev–Trinajstić information content (AvgIpc) is 2.37. The highest BCUT2D eigenvalue weighted by Gasteiger charge is 2.07. The molecule has 0 fully saturated rings. The Labute approximate surface area is 131 Å². The molecule has 0 heterocycles. The number of rotatable bonds is 4. The van der Waals surface area contributed by atoms with Crippen LogP contribution in [0.3, 0.4) is 0 Å².